The zero-order valence-corrected chi connectivity index (χ0v) is 19.4. The standard InChI is InChI=1S/C28H40N2O/c1-31-28-27(12-7-19-29-28)22-30-20-17-24(18-21-30)14-16-26-11-6-5-10-25(26)15-13-23-8-3-2-4-9-23/h5-7,10-12,19,23-24H,2-4,8-9,13-18,20-22H2,1H3. The number of benzene rings is 1. The Bertz CT molecular complexity index is 791. The van der Waals surface area contributed by atoms with Crippen molar-refractivity contribution in [2.75, 3.05) is 20.2 Å². The number of rotatable bonds is 9. The van der Waals surface area contributed by atoms with Crippen molar-refractivity contribution in [2.24, 2.45) is 11.8 Å². The molecule has 2 heterocycles. The van der Waals surface area contributed by atoms with Crippen molar-refractivity contribution in [3.05, 3.63) is 59.3 Å². The van der Waals surface area contributed by atoms with Gasteiger partial charge in [0.1, 0.15) is 0 Å². The number of hydrogen-bond acceptors (Lipinski definition) is 3. The second-order valence-electron chi connectivity index (χ2n) is 9.74. The Morgan fingerprint density at radius 1 is 0.806 bits per heavy atom. The van der Waals surface area contributed by atoms with Crippen LogP contribution in [0, 0.1) is 11.8 Å². The molecule has 2 aromatic rings. The molecular formula is C28H40N2O. The van der Waals surface area contributed by atoms with Gasteiger partial charge in [0.2, 0.25) is 5.88 Å². The van der Waals surface area contributed by atoms with E-state index in [9.17, 15) is 0 Å². The third-order valence-corrected chi connectivity index (χ3v) is 7.63. The Morgan fingerprint density at radius 3 is 2.06 bits per heavy atom. The Labute approximate surface area is 189 Å². The number of aromatic nitrogens is 1. The van der Waals surface area contributed by atoms with Gasteiger partial charge in [0, 0.05) is 18.3 Å². The smallest absolute Gasteiger partial charge is 0.217 e. The minimum Gasteiger partial charge on any atom is -0.481 e. The second-order valence-corrected chi connectivity index (χ2v) is 9.74. The first-order chi connectivity index (χ1) is 15.3. The van der Waals surface area contributed by atoms with E-state index in [4.69, 9.17) is 4.74 Å². The zero-order valence-electron chi connectivity index (χ0n) is 19.4. The Hall–Kier alpha value is -1.87. The van der Waals surface area contributed by atoms with Crippen molar-refractivity contribution in [3.8, 4) is 5.88 Å². The maximum absolute atomic E-state index is 5.43. The van der Waals surface area contributed by atoms with E-state index in [0.29, 0.717) is 0 Å². The van der Waals surface area contributed by atoms with Crippen LogP contribution >= 0.6 is 0 Å². The number of piperidine rings is 1. The normalized spacial score (nSPS) is 18.9. The maximum Gasteiger partial charge on any atom is 0.217 e. The van der Waals surface area contributed by atoms with Crippen LogP contribution in [-0.2, 0) is 19.4 Å². The molecule has 0 amide bonds. The first-order valence-electron chi connectivity index (χ1n) is 12.6. The molecule has 168 valence electrons. The van der Waals surface area contributed by atoms with Gasteiger partial charge in [-0.2, -0.15) is 0 Å². The number of nitrogens with zero attached hydrogens (tertiary/aromatic N) is 2. The number of ether oxygens (including phenoxy) is 1. The summed E-state index contributed by atoms with van der Waals surface area (Å²) in [7, 11) is 1.71. The first-order valence-corrected chi connectivity index (χ1v) is 12.6. The minimum atomic E-state index is 0.773. The fourth-order valence-corrected chi connectivity index (χ4v) is 5.64. The molecule has 1 aliphatic carbocycles. The number of aryl methyl sites for hydroxylation is 2. The van der Waals surface area contributed by atoms with E-state index in [1.807, 2.05) is 12.3 Å². The summed E-state index contributed by atoms with van der Waals surface area (Å²) >= 11 is 0. The van der Waals surface area contributed by atoms with Gasteiger partial charge in [0.25, 0.3) is 0 Å². The van der Waals surface area contributed by atoms with Crippen molar-refractivity contribution in [1.82, 2.24) is 9.88 Å². The molecule has 0 unspecified atom stereocenters. The quantitative estimate of drug-likeness (QED) is 0.466. The van der Waals surface area contributed by atoms with Gasteiger partial charge in [-0.3, -0.25) is 4.90 Å². The third kappa shape index (κ3) is 6.55. The van der Waals surface area contributed by atoms with E-state index in [-0.39, 0.29) is 0 Å². The van der Waals surface area contributed by atoms with Crippen LogP contribution < -0.4 is 4.74 Å². The molecule has 0 spiro atoms. The molecule has 1 aromatic heterocycles. The number of likely N-dealkylation sites (tertiary alicyclic amines) is 1. The molecule has 0 N–H and O–H groups in total. The molecule has 1 saturated heterocycles. The molecule has 1 aliphatic heterocycles. The highest BCUT2D eigenvalue weighted by Crippen LogP contribution is 2.29. The average Bonchev–Trinajstić information content (AvgIpc) is 2.84. The van der Waals surface area contributed by atoms with Crippen LogP contribution in [0.25, 0.3) is 0 Å². The van der Waals surface area contributed by atoms with Gasteiger partial charge < -0.3 is 4.74 Å². The molecular weight excluding hydrogens is 380 g/mol. The van der Waals surface area contributed by atoms with E-state index in [1.54, 1.807) is 18.2 Å². The second kappa shape index (κ2) is 11.7. The van der Waals surface area contributed by atoms with Gasteiger partial charge >= 0.3 is 0 Å². The summed E-state index contributed by atoms with van der Waals surface area (Å²) in [5.74, 6) is 2.61. The zero-order chi connectivity index (χ0) is 21.3. The molecule has 0 bridgehead atoms. The van der Waals surface area contributed by atoms with E-state index in [1.165, 1.54) is 89.3 Å². The van der Waals surface area contributed by atoms with Gasteiger partial charge in [-0.05, 0) is 80.6 Å². The molecule has 3 nitrogen and oxygen atoms in total. The van der Waals surface area contributed by atoms with Gasteiger partial charge in [-0.1, -0.05) is 62.4 Å². The largest absolute Gasteiger partial charge is 0.481 e. The highest BCUT2D eigenvalue weighted by molar-refractivity contribution is 5.27. The van der Waals surface area contributed by atoms with Crippen LogP contribution in [-0.4, -0.2) is 30.1 Å². The molecule has 0 radical (unpaired) electrons. The summed E-state index contributed by atoms with van der Waals surface area (Å²) in [5, 5.41) is 0. The van der Waals surface area contributed by atoms with Crippen molar-refractivity contribution >= 4 is 0 Å². The summed E-state index contributed by atoms with van der Waals surface area (Å²) in [6.45, 7) is 3.33. The highest BCUT2D eigenvalue weighted by atomic mass is 16.5. The van der Waals surface area contributed by atoms with E-state index in [2.05, 4.69) is 40.2 Å². The SMILES string of the molecule is COc1ncccc1CN1CCC(CCc2ccccc2CCC2CCCCC2)CC1. The van der Waals surface area contributed by atoms with Gasteiger partial charge in [-0.25, -0.2) is 4.98 Å². The number of pyridine rings is 1. The van der Waals surface area contributed by atoms with Gasteiger partial charge in [0.05, 0.1) is 7.11 Å². The van der Waals surface area contributed by atoms with E-state index >= 15 is 0 Å². The molecule has 31 heavy (non-hydrogen) atoms. The topological polar surface area (TPSA) is 25.4 Å². The summed E-state index contributed by atoms with van der Waals surface area (Å²) in [5.41, 5.74) is 4.44. The van der Waals surface area contributed by atoms with Crippen molar-refractivity contribution in [2.45, 2.75) is 77.2 Å². The molecule has 1 aromatic carbocycles. The Kier molecular flexibility index (Phi) is 8.40. The summed E-state index contributed by atoms with van der Waals surface area (Å²) < 4.78 is 5.43. The van der Waals surface area contributed by atoms with Crippen LogP contribution in [0.15, 0.2) is 42.6 Å². The van der Waals surface area contributed by atoms with Gasteiger partial charge in [-0.15, -0.1) is 0 Å². The predicted molar refractivity (Wildman–Crippen MR) is 128 cm³/mol. The van der Waals surface area contributed by atoms with Crippen LogP contribution in [0.3, 0.4) is 0 Å². The average molecular weight is 421 g/mol. The molecule has 0 atom stereocenters. The van der Waals surface area contributed by atoms with E-state index in [0.717, 1.165) is 24.3 Å². The fraction of sp³-hybridized carbons (Fsp3) is 0.607. The number of methoxy groups -OCH3 is 1. The molecule has 2 aliphatic rings. The number of hydrogen-bond donors (Lipinski definition) is 0. The lowest BCUT2D eigenvalue weighted by Gasteiger charge is -2.32. The van der Waals surface area contributed by atoms with Crippen LogP contribution in [0.4, 0.5) is 0 Å². The molecule has 1 saturated carbocycles. The summed E-state index contributed by atoms with van der Waals surface area (Å²) in [4.78, 5) is 6.91. The summed E-state index contributed by atoms with van der Waals surface area (Å²) in [6, 6.07) is 13.4. The van der Waals surface area contributed by atoms with Gasteiger partial charge in [0.15, 0.2) is 0 Å². The third-order valence-electron chi connectivity index (χ3n) is 7.63. The molecule has 3 heteroatoms. The predicted octanol–water partition coefficient (Wildman–Crippen LogP) is 6.45. The monoisotopic (exact) mass is 420 g/mol. The summed E-state index contributed by atoms with van der Waals surface area (Å²) in [6.07, 6.45) is 17.0. The van der Waals surface area contributed by atoms with Crippen LogP contribution in [0.1, 0.15) is 74.5 Å². The fourth-order valence-electron chi connectivity index (χ4n) is 5.64. The first kappa shape index (κ1) is 22.3. The van der Waals surface area contributed by atoms with Crippen molar-refractivity contribution in [3.63, 3.8) is 0 Å². The van der Waals surface area contributed by atoms with E-state index < -0.39 is 0 Å². The highest BCUT2D eigenvalue weighted by Gasteiger charge is 2.21. The Morgan fingerprint density at radius 2 is 1.42 bits per heavy atom. The lowest BCUT2D eigenvalue weighted by molar-refractivity contribution is 0.170. The van der Waals surface area contributed by atoms with Crippen LogP contribution in [0.2, 0.25) is 0 Å². The lowest BCUT2D eigenvalue weighted by Crippen LogP contribution is -2.33. The van der Waals surface area contributed by atoms with Crippen LogP contribution in [0.5, 0.6) is 5.88 Å². The Balaban J connectivity index is 1.22. The van der Waals surface area contributed by atoms with Crippen molar-refractivity contribution < 1.29 is 4.74 Å². The minimum absolute atomic E-state index is 0.773. The lowest BCUT2D eigenvalue weighted by atomic mass is 9.84. The molecule has 4 rings (SSSR count). The maximum atomic E-state index is 5.43. The molecule has 2 fully saturated rings. The van der Waals surface area contributed by atoms with Crippen molar-refractivity contribution in [1.29, 1.82) is 0 Å².